The Morgan fingerprint density at radius 2 is 1.51 bits per heavy atom. The van der Waals surface area contributed by atoms with Crippen LogP contribution in [0.15, 0.2) is 72.8 Å². The normalized spacial score (nSPS) is 30.7. The lowest BCUT2D eigenvalue weighted by Crippen LogP contribution is -2.56. The first-order chi connectivity index (χ1) is 19.7. The summed E-state index contributed by atoms with van der Waals surface area (Å²) in [5.41, 5.74) is -1.24. The van der Waals surface area contributed by atoms with Gasteiger partial charge in [-0.05, 0) is 62.4 Å². The number of aliphatic hydroxyl groups is 1. The van der Waals surface area contributed by atoms with Crippen molar-refractivity contribution in [1.82, 2.24) is 4.90 Å². The molecule has 2 aromatic carbocycles. The highest BCUT2D eigenvalue weighted by Crippen LogP contribution is 2.57. The molecule has 6 rings (SSSR count). The molecular weight excluding hydrogens is 546 g/mol. The summed E-state index contributed by atoms with van der Waals surface area (Å²) in [5.74, 6) is -2.16. The molecule has 1 spiro atoms. The third kappa shape index (κ3) is 4.26. The van der Waals surface area contributed by atoms with Gasteiger partial charge in [0.1, 0.15) is 17.4 Å². The van der Waals surface area contributed by atoms with Gasteiger partial charge in [-0.2, -0.15) is 0 Å². The molecule has 5 atom stereocenters. The van der Waals surface area contributed by atoms with Gasteiger partial charge in [-0.15, -0.1) is 0 Å². The van der Waals surface area contributed by atoms with Crippen LogP contribution in [0.3, 0.4) is 0 Å². The Kier molecular flexibility index (Phi) is 6.92. The number of carbonyl (C=O) groups is 3. The number of amides is 3. The van der Waals surface area contributed by atoms with E-state index >= 15 is 0 Å². The zero-order valence-electron chi connectivity index (χ0n) is 22.9. The van der Waals surface area contributed by atoms with E-state index in [-0.39, 0.29) is 37.4 Å². The zero-order chi connectivity index (χ0) is 28.9. The molecule has 0 aromatic heterocycles. The fourth-order valence-electron chi connectivity index (χ4n) is 6.84. The lowest BCUT2D eigenvalue weighted by molar-refractivity contribution is -0.144. The Hall–Kier alpha value is -3.66. The van der Waals surface area contributed by atoms with Crippen LogP contribution in [0.1, 0.15) is 13.8 Å². The van der Waals surface area contributed by atoms with Gasteiger partial charge >= 0.3 is 0 Å². The van der Waals surface area contributed by atoms with Crippen LogP contribution < -0.4 is 14.5 Å². The standard InChI is InChI=1S/C31H32ClN3O6/c1-3-40-23-12-10-22(11-13-23)33-16-4-14-30(2)24(27(33)37)25-28(38)35(18-19-36)26-29(39)34(17-5-15-31(25,26)41-30)21-8-6-20(32)7-9-21/h4-15,24-26,36H,3,16-19H2,1-2H3/t24-,25-,26?,30+,31-/m0/s1. The second-order valence-corrected chi connectivity index (χ2v) is 11.3. The van der Waals surface area contributed by atoms with E-state index in [1.807, 2.05) is 56.3 Å². The lowest BCUT2D eigenvalue weighted by atomic mass is 9.74. The maximum atomic E-state index is 14.4. The molecule has 4 aliphatic rings. The number of benzene rings is 2. The molecule has 3 amide bonds. The minimum atomic E-state index is -1.40. The van der Waals surface area contributed by atoms with Gasteiger partial charge in [0.05, 0.1) is 30.7 Å². The first-order valence-electron chi connectivity index (χ1n) is 13.8. The van der Waals surface area contributed by atoms with Gasteiger partial charge < -0.3 is 29.3 Å². The molecule has 2 aromatic rings. The second-order valence-electron chi connectivity index (χ2n) is 10.9. The highest BCUT2D eigenvalue weighted by atomic mass is 35.5. The number of anilines is 2. The monoisotopic (exact) mass is 577 g/mol. The van der Waals surface area contributed by atoms with Crippen molar-refractivity contribution in [2.24, 2.45) is 11.8 Å². The average molecular weight is 578 g/mol. The molecule has 4 heterocycles. The Balaban J connectivity index is 1.42. The van der Waals surface area contributed by atoms with Crippen LogP contribution in [0.5, 0.6) is 5.75 Å². The van der Waals surface area contributed by atoms with E-state index in [1.165, 1.54) is 4.90 Å². The van der Waals surface area contributed by atoms with Crippen molar-refractivity contribution < 1.29 is 29.0 Å². The molecule has 0 bridgehead atoms. The fourth-order valence-corrected chi connectivity index (χ4v) is 6.97. The highest BCUT2D eigenvalue weighted by molar-refractivity contribution is 6.30. The van der Waals surface area contributed by atoms with E-state index in [1.54, 1.807) is 40.1 Å². The molecule has 0 aliphatic carbocycles. The van der Waals surface area contributed by atoms with E-state index < -0.39 is 29.1 Å². The van der Waals surface area contributed by atoms with Crippen molar-refractivity contribution in [3.05, 3.63) is 77.9 Å². The number of β-amino-alcohol motifs (C(OH)–C–C–N with tert-alkyl or cyclic N) is 1. The summed E-state index contributed by atoms with van der Waals surface area (Å²) in [5, 5.41) is 10.4. The molecule has 10 heteroatoms. The van der Waals surface area contributed by atoms with Crippen molar-refractivity contribution >= 4 is 40.7 Å². The second kappa shape index (κ2) is 10.3. The molecule has 41 heavy (non-hydrogen) atoms. The van der Waals surface area contributed by atoms with E-state index in [0.717, 1.165) is 0 Å². The van der Waals surface area contributed by atoms with Crippen molar-refractivity contribution in [3.63, 3.8) is 0 Å². The molecule has 214 valence electrons. The highest BCUT2D eigenvalue weighted by Gasteiger charge is 2.74. The quantitative estimate of drug-likeness (QED) is 0.529. The van der Waals surface area contributed by atoms with E-state index in [0.29, 0.717) is 35.3 Å². The number of fused-ring (bicyclic) bond motifs is 2. The summed E-state index contributed by atoms with van der Waals surface area (Å²) in [6.45, 7) is 4.40. The molecule has 1 unspecified atom stereocenters. The van der Waals surface area contributed by atoms with E-state index in [2.05, 4.69) is 0 Å². The Labute approximate surface area is 243 Å². The SMILES string of the molecule is CCOc1ccc(N2CC=C[C@@]3(C)O[C@]45C=CCN(c6ccc(Cl)cc6)C(=O)C4N(CCO)C(=O)[C@@H]5[C@H]3C2=O)cc1. The van der Waals surface area contributed by atoms with Gasteiger partial charge in [0.25, 0.3) is 5.91 Å². The predicted molar refractivity (Wildman–Crippen MR) is 154 cm³/mol. The number of ether oxygens (including phenoxy) is 2. The Morgan fingerprint density at radius 3 is 2.15 bits per heavy atom. The number of likely N-dealkylation sites (tertiary alicyclic amines) is 1. The summed E-state index contributed by atoms with van der Waals surface area (Å²) in [6.07, 6.45) is 7.33. The summed E-state index contributed by atoms with van der Waals surface area (Å²) in [4.78, 5) is 47.5. The van der Waals surface area contributed by atoms with Gasteiger partial charge in [0.2, 0.25) is 11.8 Å². The van der Waals surface area contributed by atoms with Gasteiger partial charge in [-0.25, -0.2) is 0 Å². The minimum absolute atomic E-state index is 0.0603. The van der Waals surface area contributed by atoms with Gasteiger partial charge in [-0.1, -0.05) is 35.9 Å². The first-order valence-corrected chi connectivity index (χ1v) is 14.2. The summed E-state index contributed by atoms with van der Waals surface area (Å²) in [6, 6.07) is 13.1. The number of aliphatic hydroxyl groups excluding tert-OH is 1. The summed E-state index contributed by atoms with van der Waals surface area (Å²) in [7, 11) is 0. The lowest BCUT2D eigenvalue weighted by Gasteiger charge is -2.37. The van der Waals surface area contributed by atoms with E-state index in [4.69, 9.17) is 21.1 Å². The predicted octanol–water partition coefficient (Wildman–Crippen LogP) is 3.21. The number of nitrogens with zero attached hydrogens (tertiary/aromatic N) is 3. The molecule has 2 fully saturated rings. The third-order valence-electron chi connectivity index (χ3n) is 8.50. The van der Waals surface area contributed by atoms with E-state index in [9.17, 15) is 19.5 Å². The topological polar surface area (TPSA) is 99.6 Å². The molecular formula is C31H32ClN3O6. The van der Waals surface area contributed by atoms with Crippen LogP contribution in [0.2, 0.25) is 5.02 Å². The molecule has 9 nitrogen and oxygen atoms in total. The smallest absolute Gasteiger partial charge is 0.253 e. The van der Waals surface area contributed by atoms with Crippen molar-refractivity contribution in [3.8, 4) is 5.75 Å². The maximum Gasteiger partial charge on any atom is 0.253 e. The van der Waals surface area contributed by atoms with Crippen LogP contribution in [-0.4, -0.2) is 77.8 Å². The maximum absolute atomic E-state index is 14.4. The van der Waals surface area contributed by atoms with Crippen LogP contribution in [0.4, 0.5) is 11.4 Å². The van der Waals surface area contributed by atoms with Crippen LogP contribution in [0.25, 0.3) is 0 Å². The number of halogens is 1. The van der Waals surface area contributed by atoms with Gasteiger partial charge in [-0.3, -0.25) is 14.4 Å². The number of rotatable bonds is 6. The minimum Gasteiger partial charge on any atom is -0.494 e. The zero-order valence-corrected chi connectivity index (χ0v) is 23.7. The van der Waals surface area contributed by atoms with Gasteiger partial charge in [0, 0.05) is 36.0 Å². The van der Waals surface area contributed by atoms with Crippen LogP contribution in [0, 0.1) is 11.8 Å². The van der Waals surface area contributed by atoms with Crippen molar-refractivity contribution in [2.45, 2.75) is 31.1 Å². The van der Waals surface area contributed by atoms with Crippen molar-refractivity contribution in [2.75, 3.05) is 42.6 Å². The average Bonchev–Trinajstić information content (AvgIpc) is 3.21. The fraction of sp³-hybridized carbons (Fsp3) is 0.387. The third-order valence-corrected chi connectivity index (χ3v) is 8.75. The Morgan fingerprint density at radius 1 is 0.902 bits per heavy atom. The molecule has 0 radical (unpaired) electrons. The van der Waals surface area contributed by atoms with Gasteiger partial charge in [0.15, 0.2) is 0 Å². The molecule has 4 aliphatic heterocycles. The first kappa shape index (κ1) is 27.5. The van der Waals surface area contributed by atoms with Crippen LogP contribution in [-0.2, 0) is 19.1 Å². The Bertz CT molecular complexity index is 1430. The number of hydrogen-bond donors (Lipinski definition) is 1. The number of carbonyl (C=O) groups excluding carboxylic acids is 3. The molecule has 2 saturated heterocycles. The molecule has 0 saturated carbocycles. The van der Waals surface area contributed by atoms with Crippen LogP contribution >= 0.6 is 11.6 Å². The largest absolute Gasteiger partial charge is 0.494 e. The number of hydrogen-bond acceptors (Lipinski definition) is 6. The summed E-state index contributed by atoms with van der Waals surface area (Å²) >= 11 is 6.09. The van der Waals surface area contributed by atoms with Crippen molar-refractivity contribution in [1.29, 1.82) is 0 Å². The summed E-state index contributed by atoms with van der Waals surface area (Å²) < 4.78 is 12.4. The molecule has 1 N–H and O–H groups in total.